The van der Waals surface area contributed by atoms with Crippen LogP contribution in [0.15, 0.2) is 78.9 Å². The lowest BCUT2D eigenvalue weighted by Gasteiger charge is -2.15. The predicted molar refractivity (Wildman–Crippen MR) is 107 cm³/mol. The number of ether oxygens (including phenoxy) is 2. The molecule has 0 bridgehead atoms. The van der Waals surface area contributed by atoms with Crippen LogP contribution < -0.4 is 14.8 Å². The van der Waals surface area contributed by atoms with Crippen LogP contribution in [0.25, 0.3) is 0 Å². The number of anilines is 1. The minimum Gasteiger partial charge on any atom is -0.489 e. The average molecular weight is 382 g/mol. The van der Waals surface area contributed by atoms with Crippen molar-refractivity contribution in [3.63, 3.8) is 0 Å². The lowest BCUT2D eigenvalue weighted by Crippen LogP contribution is -2.30. The first-order valence-electron chi connectivity index (χ1n) is 8.60. The van der Waals surface area contributed by atoms with Gasteiger partial charge in [0, 0.05) is 10.7 Å². The summed E-state index contributed by atoms with van der Waals surface area (Å²) in [6.07, 6.45) is -0.655. The molecule has 3 aromatic carbocycles. The first-order chi connectivity index (χ1) is 13.1. The first kappa shape index (κ1) is 18.8. The third kappa shape index (κ3) is 5.76. The molecule has 0 spiro atoms. The fourth-order valence-corrected chi connectivity index (χ4v) is 2.60. The van der Waals surface area contributed by atoms with E-state index in [1.165, 1.54) is 0 Å². The highest BCUT2D eigenvalue weighted by molar-refractivity contribution is 6.30. The lowest BCUT2D eigenvalue weighted by atomic mass is 10.2. The molecule has 0 heterocycles. The fraction of sp³-hybridized carbons (Fsp3) is 0.136. The van der Waals surface area contributed by atoms with Gasteiger partial charge in [-0.1, -0.05) is 48.0 Å². The van der Waals surface area contributed by atoms with E-state index in [0.717, 1.165) is 11.3 Å². The molecular weight excluding hydrogens is 362 g/mol. The van der Waals surface area contributed by atoms with E-state index in [0.29, 0.717) is 23.1 Å². The molecule has 1 unspecified atom stereocenters. The Morgan fingerprint density at radius 1 is 0.963 bits per heavy atom. The Labute approximate surface area is 163 Å². The predicted octanol–water partition coefficient (Wildman–Crippen LogP) is 5.33. The standard InChI is InChI=1S/C22H20ClNO3/c1-16(27-21-9-5-8-18(23)14-21)22(25)24-19-10-12-20(13-11-19)26-15-17-6-3-2-4-7-17/h2-14,16H,15H2,1H3,(H,24,25). The maximum absolute atomic E-state index is 12.3. The first-order valence-corrected chi connectivity index (χ1v) is 8.98. The van der Waals surface area contributed by atoms with Gasteiger partial charge in [0.25, 0.3) is 5.91 Å². The van der Waals surface area contributed by atoms with Gasteiger partial charge in [0.15, 0.2) is 6.10 Å². The molecule has 3 aromatic rings. The molecule has 138 valence electrons. The highest BCUT2D eigenvalue weighted by atomic mass is 35.5. The summed E-state index contributed by atoms with van der Waals surface area (Å²) in [5.41, 5.74) is 1.77. The molecule has 0 aliphatic carbocycles. The zero-order chi connectivity index (χ0) is 19.1. The van der Waals surface area contributed by atoms with Crippen LogP contribution in [0.4, 0.5) is 5.69 Å². The van der Waals surface area contributed by atoms with Gasteiger partial charge >= 0.3 is 0 Å². The second-order valence-corrected chi connectivity index (χ2v) is 6.44. The number of amides is 1. The van der Waals surface area contributed by atoms with E-state index in [1.807, 2.05) is 42.5 Å². The molecule has 3 rings (SSSR count). The number of halogens is 1. The van der Waals surface area contributed by atoms with Crippen molar-refractivity contribution in [2.75, 3.05) is 5.32 Å². The molecule has 1 N–H and O–H groups in total. The zero-order valence-corrected chi connectivity index (χ0v) is 15.6. The van der Waals surface area contributed by atoms with Crippen LogP contribution in [0.1, 0.15) is 12.5 Å². The Morgan fingerprint density at radius 2 is 1.70 bits per heavy atom. The summed E-state index contributed by atoms with van der Waals surface area (Å²) in [4.78, 5) is 12.3. The van der Waals surface area contributed by atoms with Crippen molar-refractivity contribution in [1.82, 2.24) is 0 Å². The van der Waals surface area contributed by atoms with Gasteiger partial charge in [-0.3, -0.25) is 4.79 Å². The van der Waals surface area contributed by atoms with E-state index in [-0.39, 0.29) is 5.91 Å². The van der Waals surface area contributed by atoms with E-state index in [4.69, 9.17) is 21.1 Å². The molecule has 1 amide bonds. The van der Waals surface area contributed by atoms with Crippen molar-refractivity contribution in [1.29, 1.82) is 0 Å². The second kappa shape index (κ2) is 9.10. The van der Waals surface area contributed by atoms with E-state index in [2.05, 4.69) is 5.32 Å². The normalized spacial score (nSPS) is 11.5. The molecule has 0 saturated carbocycles. The SMILES string of the molecule is CC(Oc1cccc(Cl)c1)C(=O)Nc1ccc(OCc2ccccc2)cc1. The summed E-state index contributed by atoms with van der Waals surface area (Å²) in [6.45, 7) is 2.19. The largest absolute Gasteiger partial charge is 0.489 e. The van der Waals surface area contributed by atoms with Gasteiger partial charge in [0.2, 0.25) is 0 Å². The smallest absolute Gasteiger partial charge is 0.265 e. The number of hydrogen-bond acceptors (Lipinski definition) is 3. The van der Waals surface area contributed by atoms with Crippen molar-refractivity contribution in [3.05, 3.63) is 89.4 Å². The molecule has 0 aliphatic heterocycles. The van der Waals surface area contributed by atoms with Gasteiger partial charge in [-0.15, -0.1) is 0 Å². The van der Waals surface area contributed by atoms with Gasteiger partial charge in [-0.2, -0.15) is 0 Å². The summed E-state index contributed by atoms with van der Waals surface area (Å²) in [5.74, 6) is 1.04. The summed E-state index contributed by atoms with van der Waals surface area (Å²) in [7, 11) is 0. The van der Waals surface area contributed by atoms with Crippen LogP contribution in [-0.2, 0) is 11.4 Å². The summed E-state index contributed by atoms with van der Waals surface area (Å²) in [6, 6.07) is 24.1. The van der Waals surface area contributed by atoms with Crippen molar-refractivity contribution >= 4 is 23.2 Å². The van der Waals surface area contributed by atoms with Crippen LogP contribution in [0.2, 0.25) is 5.02 Å². The van der Waals surface area contributed by atoms with Crippen molar-refractivity contribution in [2.24, 2.45) is 0 Å². The number of carbonyl (C=O) groups excluding carboxylic acids is 1. The molecule has 0 fully saturated rings. The maximum Gasteiger partial charge on any atom is 0.265 e. The fourth-order valence-electron chi connectivity index (χ4n) is 2.42. The van der Waals surface area contributed by atoms with E-state index in [1.54, 1.807) is 43.3 Å². The lowest BCUT2D eigenvalue weighted by molar-refractivity contribution is -0.122. The minimum atomic E-state index is -0.655. The number of hydrogen-bond donors (Lipinski definition) is 1. The number of nitrogens with one attached hydrogen (secondary N) is 1. The second-order valence-electron chi connectivity index (χ2n) is 6.01. The zero-order valence-electron chi connectivity index (χ0n) is 14.9. The van der Waals surface area contributed by atoms with Crippen LogP contribution in [0.3, 0.4) is 0 Å². The Balaban J connectivity index is 1.51. The quantitative estimate of drug-likeness (QED) is 0.602. The van der Waals surface area contributed by atoms with Gasteiger partial charge in [0.1, 0.15) is 18.1 Å². The molecule has 1 atom stereocenters. The molecule has 5 heteroatoms. The van der Waals surface area contributed by atoms with Crippen LogP contribution in [0.5, 0.6) is 11.5 Å². The minimum absolute atomic E-state index is 0.243. The number of rotatable bonds is 7. The van der Waals surface area contributed by atoms with Gasteiger partial charge in [0.05, 0.1) is 0 Å². The molecule has 4 nitrogen and oxygen atoms in total. The summed E-state index contributed by atoms with van der Waals surface area (Å²) in [5, 5.41) is 3.39. The Bertz CT molecular complexity index is 882. The summed E-state index contributed by atoms with van der Waals surface area (Å²) < 4.78 is 11.4. The van der Waals surface area contributed by atoms with E-state index >= 15 is 0 Å². The topological polar surface area (TPSA) is 47.6 Å². The number of carbonyl (C=O) groups is 1. The van der Waals surface area contributed by atoms with Gasteiger partial charge in [-0.25, -0.2) is 0 Å². The Hall–Kier alpha value is -2.98. The highest BCUT2D eigenvalue weighted by Crippen LogP contribution is 2.20. The molecule has 0 aromatic heterocycles. The number of benzene rings is 3. The molecule has 0 radical (unpaired) electrons. The molecule has 0 aliphatic rings. The molecular formula is C22H20ClNO3. The van der Waals surface area contributed by atoms with Gasteiger partial charge in [-0.05, 0) is 55.0 Å². The van der Waals surface area contributed by atoms with Crippen LogP contribution >= 0.6 is 11.6 Å². The molecule has 0 saturated heterocycles. The monoisotopic (exact) mass is 381 g/mol. The highest BCUT2D eigenvalue weighted by Gasteiger charge is 2.15. The average Bonchev–Trinajstić information content (AvgIpc) is 2.68. The Kier molecular flexibility index (Phi) is 6.34. The summed E-state index contributed by atoms with van der Waals surface area (Å²) >= 11 is 5.92. The third-order valence-corrected chi connectivity index (χ3v) is 4.08. The van der Waals surface area contributed by atoms with Crippen molar-refractivity contribution in [3.8, 4) is 11.5 Å². The maximum atomic E-state index is 12.3. The third-order valence-electron chi connectivity index (χ3n) is 3.85. The van der Waals surface area contributed by atoms with Crippen LogP contribution in [0, 0.1) is 0 Å². The van der Waals surface area contributed by atoms with Crippen LogP contribution in [-0.4, -0.2) is 12.0 Å². The van der Waals surface area contributed by atoms with Gasteiger partial charge < -0.3 is 14.8 Å². The van der Waals surface area contributed by atoms with E-state index < -0.39 is 6.10 Å². The van der Waals surface area contributed by atoms with E-state index in [9.17, 15) is 4.79 Å². The van der Waals surface area contributed by atoms with Crippen molar-refractivity contribution in [2.45, 2.75) is 19.6 Å². The molecule has 27 heavy (non-hydrogen) atoms. The Morgan fingerprint density at radius 3 is 2.41 bits per heavy atom. The van der Waals surface area contributed by atoms with Crippen molar-refractivity contribution < 1.29 is 14.3 Å².